The molecule has 1 heterocycles. The Bertz CT molecular complexity index is 751. The number of rotatable bonds is 3. The van der Waals surface area contributed by atoms with Gasteiger partial charge in [0.15, 0.2) is 5.69 Å². The highest BCUT2D eigenvalue weighted by Gasteiger charge is 2.19. The Morgan fingerprint density at radius 3 is 2.41 bits per heavy atom. The number of aromatic nitrogens is 1. The molecule has 1 aromatic heterocycles. The van der Waals surface area contributed by atoms with Crippen LogP contribution in [0.3, 0.4) is 0 Å². The van der Waals surface area contributed by atoms with Crippen molar-refractivity contribution >= 4 is 40.5 Å². The van der Waals surface area contributed by atoms with Crippen molar-refractivity contribution in [1.29, 1.82) is 0 Å². The maximum absolute atomic E-state index is 11.7. The first-order chi connectivity index (χ1) is 10.4. The zero-order chi connectivity index (χ0) is 16.4. The van der Waals surface area contributed by atoms with E-state index in [1.165, 1.54) is 26.4 Å². The van der Waals surface area contributed by atoms with Crippen LogP contribution in [0.15, 0.2) is 18.2 Å². The smallest absolute Gasteiger partial charge is 0.358 e. The molecule has 6 nitrogen and oxygen atoms in total. The van der Waals surface area contributed by atoms with E-state index in [0.717, 1.165) is 0 Å². The number of nitrogens with two attached hydrogens (primary N) is 2. The molecule has 2 aromatic rings. The van der Waals surface area contributed by atoms with Crippen molar-refractivity contribution in [3.05, 3.63) is 33.9 Å². The number of halogens is 2. The molecule has 0 saturated heterocycles. The quantitative estimate of drug-likeness (QED) is 0.657. The lowest BCUT2D eigenvalue weighted by molar-refractivity contribution is 0.0594. The molecule has 0 aliphatic heterocycles. The molecule has 4 N–H and O–H groups in total. The minimum absolute atomic E-state index is 0.0232. The van der Waals surface area contributed by atoms with Gasteiger partial charge in [-0.3, -0.25) is 0 Å². The molecule has 0 amide bonds. The van der Waals surface area contributed by atoms with Gasteiger partial charge >= 0.3 is 5.97 Å². The summed E-state index contributed by atoms with van der Waals surface area (Å²) < 4.78 is 9.79. The highest BCUT2D eigenvalue weighted by Crippen LogP contribution is 2.36. The molecule has 0 spiro atoms. The molecule has 2 rings (SSSR count). The van der Waals surface area contributed by atoms with Crippen LogP contribution in [0.2, 0.25) is 10.0 Å². The fraction of sp³-hybridized carbons (Fsp3) is 0.143. The summed E-state index contributed by atoms with van der Waals surface area (Å²) in [5.74, 6) is -0.279. The molecular formula is C14H13Cl2N3O3. The van der Waals surface area contributed by atoms with E-state index in [9.17, 15) is 4.79 Å². The van der Waals surface area contributed by atoms with Crippen LogP contribution in [0.25, 0.3) is 11.3 Å². The fourth-order valence-electron chi connectivity index (χ4n) is 1.87. The molecule has 0 bridgehead atoms. The van der Waals surface area contributed by atoms with Crippen LogP contribution in [0, 0.1) is 0 Å². The first-order valence-corrected chi connectivity index (χ1v) is 6.82. The maximum Gasteiger partial charge on any atom is 0.358 e. The average molecular weight is 342 g/mol. The van der Waals surface area contributed by atoms with Gasteiger partial charge < -0.3 is 20.9 Å². The van der Waals surface area contributed by atoms with Crippen LogP contribution < -0.4 is 16.2 Å². The van der Waals surface area contributed by atoms with Crippen molar-refractivity contribution < 1.29 is 14.3 Å². The average Bonchev–Trinajstić information content (AvgIpc) is 2.49. The number of esters is 1. The van der Waals surface area contributed by atoms with Gasteiger partial charge in [0.1, 0.15) is 5.75 Å². The SMILES string of the molecule is COC(=O)c1nc(-c2cc(OC)c(Cl)cc2N)cc(N)c1Cl. The van der Waals surface area contributed by atoms with Gasteiger partial charge in [0.25, 0.3) is 0 Å². The minimum atomic E-state index is -0.696. The van der Waals surface area contributed by atoms with Gasteiger partial charge in [0.05, 0.1) is 35.6 Å². The maximum atomic E-state index is 11.7. The van der Waals surface area contributed by atoms with Crippen LogP contribution in [-0.4, -0.2) is 25.2 Å². The lowest BCUT2D eigenvalue weighted by Crippen LogP contribution is -2.08. The molecule has 22 heavy (non-hydrogen) atoms. The van der Waals surface area contributed by atoms with Gasteiger partial charge in [-0.2, -0.15) is 0 Å². The third-order valence-corrected chi connectivity index (χ3v) is 3.66. The predicted molar refractivity (Wildman–Crippen MR) is 86.4 cm³/mol. The van der Waals surface area contributed by atoms with Gasteiger partial charge in [-0.1, -0.05) is 23.2 Å². The summed E-state index contributed by atoms with van der Waals surface area (Å²) in [5.41, 5.74) is 13.1. The van der Waals surface area contributed by atoms with Crippen LogP contribution in [0.1, 0.15) is 10.5 Å². The Labute approximate surface area is 136 Å². The van der Waals surface area contributed by atoms with Crippen molar-refractivity contribution in [2.45, 2.75) is 0 Å². The van der Waals surface area contributed by atoms with Crippen molar-refractivity contribution in [3.8, 4) is 17.0 Å². The molecule has 0 aliphatic carbocycles. The molecule has 0 saturated carbocycles. The Hall–Kier alpha value is -2.18. The van der Waals surface area contributed by atoms with Crippen molar-refractivity contribution in [3.63, 3.8) is 0 Å². The Kier molecular flexibility index (Phi) is 4.63. The number of carbonyl (C=O) groups excluding carboxylic acids is 1. The highest BCUT2D eigenvalue weighted by molar-refractivity contribution is 6.35. The van der Waals surface area contributed by atoms with E-state index in [4.69, 9.17) is 39.4 Å². The van der Waals surface area contributed by atoms with Crippen LogP contribution in [0.5, 0.6) is 5.75 Å². The van der Waals surface area contributed by atoms with Gasteiger partial charge in [0, 0.05) is 11.3 Å². The topological polar surface area (TPSA) is 100 Å². The second-order valence-corrected chi connectivity index (χ2v) is 5.11. The number of hydrogen-bond acceptors (Lipinski definition) is 6. The van der Waals surface area contributed by atoms with E-state index < -0.39 is 5.97 Å². The normalized spacial score (nSPS) is 10.4. The number of hydrogen-bond donors (Lipinski definition) is 2. The number of ether oxygens (including phenoxy) is 2. The first kappa shape index (κ1) is 16.2. The third-order valence-electron chi connectivity index (χ3n) is 2.96. The number of pyridine rings is 1. The predicted octanol–water partition coefficient (Wildman–Crippen LogP) is 3.01. The largest absolute Gasteiger partial charge is 0.495 e. The Balaban J connectivity index is 2.68. The number of methoxy groups -OCH3 is 2. The zero-order valence-corrected chi connectivity index (χ0v) is 13.3. The number of anilines is 2. The lowest BCUT2D eigenvalue weighted by Gasteiger charge is -2.12. The van der Waals surface area contributed by atoms with E-state index in [0.29, 0.717) is 27.7 Å². The van der Waals surface area contributed by atoms with E-state index in [1.807, 2.05) is 0 Å². The number of benzene rings is 1. The van der Waals surface area contributed by atoms with E-state index >= 15 is 0 Å². The number of nitrogen functional groups attached to an aromatic ring is 2. The molecule has 0 fully saturated rings. The Morgan fingerprint density at radius 1 is 1.14 bits per heavy atom. The van der Waals surface area contributed by atoms with Crippen molar-refractivity contribution in [1.82, 2.24) is 4.98 Å². The van der Waals surface area contributed by atoms with Crippen LogP contribution >= 0.6 is 23.2 Å². The van der Waals surface area contributed by atoms with Gasteiger partial charge in [-0.05, 0) is 18.2 Å². The lowest BCUT2D eigenvalue weighted by atomic mass is 10.1. The Morgan fingerprint density at radius 2 is 1.82 bits per heavy atom. The molecular weight excluding hydrogens is 329 g/mol. The first-order valence-electron chi connectivity index (χ1n) is 6.06. The molecule has 0 atom stereocenters. The number of nitrogens with zero attached hydrogens (tertiary/aromatic N) is 1. The molecule has 8 heteroatoms. The summed E-state index contributed by atoms with van der Waals surface area (Å²) in [6, 6.07) is 4.64. The summed E-state index contributed by atoms with van der Waals surface area (Å²) in [6.07, 6.45) is 0. The highest BCUT2D eigenvalue weighted by atomic mass is 35.5. The summed E-state index contributed by atoms with van der Waals surface area (Å²) in [6.45, 7) is 0. The van der Waals surface area contributed by atoms with E-state index in [2.05, 4.69) is 9.72 Å². The fourth-order valence-corrected chi connectivity index (χ4v) is 2.29. The summed E-state index contributed by atoms with van der Waals surface area (Å²) in [5, 5.41) is 0.383. The molecule has 116 valence electrons. The van der Waals surface area contributed by atoms with Gasteiger partial charge in [0.2, 0.25) is 0 Å². The third kappa shape index (κ3) is 2.88. The second-order valence-electron chi connectivity index (χ2n) is 4.32. The molecule has 0 unspecified atom stereocenters. The summed E-state index contributed by atoms with van der Waals surface area (Å²) >= 11 is 12.0. The van der Waals surface area contributed by atoms with Gasteiger partial charge in [-0.15, -0.1) is 0 Å². The van der Waals surface area contributed by atoms with Crippen LogP contribution in [0.4, 0.5) is 11.4 Å². The summed E-state index contributed by atoms with van der Waals surface area (Å²) in [4.78, 5) is 15.9. The second kappa shape index (κ2) is 6.29. The van der Waals surface area contributed by atoms with Crippen LogP contribution in [-0.2, 0) is 4.74 Å². The molecule has 0 radical (unpaired) electrons. The summed E-state index contributed by atoms with van der Waals surface area (Å²) in [7, 11) is 2.70. The zero-order valence-electron chi connectivity index (χ0n) is 11.8. The van der Waals surface area contributed by atoms with E-state index in [-0.39, 0.29) is 16.4 Å². The monoisotopic (exact) mass is 341 g/mol. The van der Waals surface area contributed by atoms with Crippen molar-refractivity contribution in [2.75, 3.05) is 25.7 Å². The molecule has 0 aliphatic rings. The van der Waals surface area contributed by atoms with Crippen molar-refractivity contribution in [2.24, 2.45) is 0 Å². The van der Waals surface area contributed by atoms with Gasteiger partial charge in [-0.25, -0.2) is 9.78 Å². The minimum Gasteiger partial charge on any atom is -0.495 e. The number of carbonyl (C=O) groups is 1. The standard InChI is InChI=1S/C14H13Cl2N3O3/c1-21-11-3-6(8(17)4-7(11)15)10-5-9(18)12(16)13(19-10)14(20)22-2/h3-5H,17H2,1-2H3,(H2,18,19). The van der Waals surface area contributed by atoms with E-state index in [1.54, 1.807) is 6.07 Å². The molecule has 1 aromatic carbocycles.